The average molecular weight is 378 g/mol. The minimum absolute atomic E-state index is 0.144. The molecule has 0 aliphatic rings. The molecule has 0 unspecified atom stereocenters. The topological polar surface area (TPSA) is 73.8 Å². The number of hydrogen-bond donors (Lipinski definition) is 0. The number of aromatic nitrogens is 4. The highest BCUT2D eigenvalue weighted by atomic mass is 32.2. The summed E-state index contributed by atoms with van der Waals surface area (Å²) < 4.78 is 7.25. The zero-order chi connectivity index (χ0) is 18.8. The third kappa shape index (κ3) is 3.64. The van der Waals surface area contributed by atoms with Gasteiger partial charge in [-0.15, -0.1) is 10.2 Å². The van der Waals surface area contributed by atoms with Crippen LogP contribution in [0.2, 0.25) is 0 Å². The minimum Gasteiger partial charge on any atom is -0.409 e. The lowest BCUT2D eigenvalue weighted by Crippen LogP contribution is -2.24. The van der Waals surface area contributed by atoms with Crippen molar-refractivity contribution in [2.24, 2.45) is 0 Å². The monoisotopic (exact) mass is 378 g/mol. The van der Waals surface area contributed by atoms with Crippen molar-refractivity contribution in [2.75, 3.05) is 0 Å². The number of fused-ring (bicyclic) bond motifs is 1. The Kier molecular flexibility index (Phi) is 4.77. The van der Waals surface area contributed by atoms with Gasteiger partial charge >= 0.3 is 0 Å². The molecule has 4 aromatic rings. The maximum Gasteiger partial charge on any atom is 0.277 e. The van der Waals surface area contributed by atoms with Gasteiger partial charge in [0, 0.05) is 10.6 Å². The van der Waals surface area contributed by atoms with Gasteiger partial charge in [0.25, 0.3) is 16.7 Å². The molecule has 0 fully saturated rings. The van der Waals surface area contributed by atoms with Crippen molar-refractivity contribution in [1.29, 1.82) is 0 Å². The lowest BCUT2D eigenvalue weighted by molar-refractivity contribution is 0.462. The van der Waals surface area contributed by atoms with Crippen LogP contribution in [0.25, 0.3) is 22.4 Å². The van der Waals surface area contributed by atoms with Crippen LogP contribution in [0.15, 0.2) is 69.0 Å². The van der Waals surface area contributed by atoms with E-state index in [1.807, 2.05) is 48.5 Å². The van der Waals surface area contributed by atoms with Crippen LogP contribution in [0.1, 0.15) is 19.4 Å². The molecule has 6 nitrogen and oxygen atoms in total. The molecular weight excluding hydrogens is 360 g/mol. The normalized spacial score (nSPS) is 11.4. The summed E-state index contributed by atoms with van der Waals surface area (Å²) in [7, 11) is 0. The summed E-state index contributed by atoms with van der Waals surface area (Å²) >= 11 is 1.49. The average Bonchev–Trinajstić information content (AvgIpc) is 3.12. The van der Waals surface area contributed by atoms with Crippen molar-refractivity contribution in [1.82, 2.24) is 20.0 Å². The predicted molar refractivity (Wildman–Crippen MR) is 106 cm³/mol. The van der Waals surface area contributed by atoms with Crippen molar-refractivity contribution in [3.05, 3.63) is 70.5 Å². The van der Waals surface area contributed by atoms with Crippen LogP contribution in [-0.2, 0) is 6.54 Å². The fourth-order valence-electron chi connectivity index (χ4n) is 2.81. The quantitative estimate of drug-likeness (QED) is 0.489. The molecule has 0 N–H and O–H groups in total. The SMILES string of the molecule is CC(C)Sc1nnc(-c2nn(Cc3ccccc3)c(=O)c3ccccc23)o1. The molecule has 27 heavy (non-hydrogen) atoms. The van der Waals surface area contributed by atoms with Gasteiger partial charge in [-0.25, -0.2) is 4.68 Å². The van der Waals surface area contributed by atoms with Crippen LogP contribution < -0.4 is 5.56 Å². The first-order valence-corrected chi connectivity index (χ1v) is 9.54. The molecule has 2 aromatic carbocycles. The van der Waals surface area contributed by atoms with Gasteiger partial charge in [-0.2, -0.15) is 5.10 Å². The largest absolute Gasteiger partial charge is 0.409 e. The Morgan fingerprint density at radius 2 is 1.70 bits per heavy atom. The van der Waals surface area contributed by atoms with Gasteiger partial charge in [0.05, 0.1) is 11.9 Å². The molecule has 0 saturated heterocycles. The summed E-state index contributed by atoms with van der Waals surface area (Å²) in [4.78, 5) is 12.9. The van der Waals surface area contributed by atoms with E-state index in [1.54, 1.807) is 6.07 Å². The second kappa shape index (κ2) is 7.36. The first-order valence-electron chi connectivity index (χ1n) is 8.66. The molecule has 0 radical (unpaired) electrons. The molecule has 0 amide bonds. The molecular formula is C20H18N4O2S. The van der Waals surface area contributed by atoms with Crippen LogP contribution in [0.3, 0.4) is 0 Å². The third-order valence-corrected chi connectivity index (χ3v) is 4.83. The number of thioether (sulfide) groups is 1. The first-order chi connectivity index (χ1) is 13.1. The van der Waals surface area contributed by atoms with Gasteiger partial charge in [-0.05, 0) is 11.6 Å². The van der Waals surface area contributed by atoms with E-state index in [0.29, 0.717) is 39.4 Å². The highest BCUT2D eigenvalue weighted by Crippen LogP contribution is 2.28. The third-order valence-electron chi connectivity index (χ3n) is 3.99. The number of nitrogens with zero attached hydrogens (tertiary/aromatic N) is 4. The summed E-state index contributed by atoms with van der Waals surface area (Å²) in [5.74, 6) is 0.316. The maximum absolute atomic E-state index is 12.9. The molecule has 4 rings (SSSR count). The van der Waals surface area contributed by atoms with E-state index >= 15 is 0 Å². The second-order valence-electron chi connectivity index (χ2n) is 6.38. The molecule has 0 aliphatic carbocycles. The van der Waals surface area contributed by atoms with Gasteiger partial charge in [-0.1, -0.05) is 74.1 Å². The van der Waals surface area contributed by atoms with Crippen LogP contribution >= 0.6 is 11.8 Å². The summed E-state index contributed by atoms with van der Waals surface area (Å²) in [5.41, 5.74) is 1.37. The molecule has 0 spiro atoms. The highest BCUT2D eigenvalue weighted by Gasteiger charge is 2.18. The molecule has 0 saturated carbocycles. The zero-order valence-electron chi connectivity index (χ0n) is 15.0. The van der Waals surface area contributed by atoms with Crippen molar-refractivity contribution in [3.63, 3.8) is 0 Å². The van der Waals surface area contributed by atoms with Crippen LogP contribution in [0, 0.1) is 0 Å². The number of benzene rings is 2. The Morgan fingerprint density at radius 3 is 2.44 bits per heavy atom. The summed E-state index contributed by atoms with van der Waals surface area (Å²) in [5, 5.41) is 14.9. The maximum atomic E-state index is 12.9. The molecule has 0 aliphatic heterocycles. The van der Waals surface area contributed by atoms with Crippen molar-refractivity contribution in [2.45, 2.75) is 30.9 Å². The zero-order valence-corrected chi connectivity index (χ0v) is 15.8. The fraction of sp³-hybridized carbons (Fsp3) is 0.200. The Bertz CT molecular complexity index is 1140. The molecule has 7 heteroatoms. The van der Waals surface area contributed by atoms with Gasteiger partial charge in [0.1, 0.15) is 0 Å². The van der Waals surface area contributed by atoms with E-state index in [2.05, 4.69) is 29.1 Å². The highest BCUT2D eigenvalue weighted by molar-refractivity contribution is 7.99. The van der Waals surface area contributed by atoms with E-state index in [4.69, 9.17) is 4.42 Å². The van der Waals surface area contributed by atoms with Gasteiger partial charge in [-0.3, -0.25) is 4.79 Å². The van der Waals surface area contributed by atoms with E-state index in [-0.39, 0.29) is 5.56 Å². The van der Waals surface area contributed by atoms with Crippen molar-refractivity contribution < 1.29 is 4.42 Å². The Balaban J connectivity index is 1.85. The Labute approximate surface area is 160 Å². The van der Waals surface area contributed by atoms with Crippen LogP contribution in [0.5, 0.6) is 0 Å². The van der Waals surface area contributed by atoms with Crippen molar-refractivity contribution in [3.8, 4) is 11.6 Å². The Morgan fingerprint density at radius 1 is 1.00 bits per heavy atom. The second-order valence-corrected chi connectivity index (χ2v) is 7.91. The number of hydrogen-bond acceptors (Lipinski definition) is 6. The van der Waals surface area contributed by atoms with E-state index in [9.17, 15) is 4.79 Å². The van der Waals surface area contributed by atoms with Gasteiger partial charge in [0.2, 0.25) is 0 Å². The number of rotatable bonds is 5. The standard InChI is InChI=1S/C20H18N4O2S/c1-13(2)27-20-22-21-18(26-20)17-15-10-6-7-11-16(15)19(25)24(23-17)12-14-8-4-3-5-9-14/h3-11,13H,12H2,1-2H3. The van der Waals surface area contributed by atoms with Crippen LogP contribution in [0.4, 0.5) is 0 Å². The van der Waals surface area contributed by atoms with Crippen molar-refractivity contribution >= 4 is 22.5 Å². The minimum atomic E-state index is -0.144. The smallest absolute Gasteiger partial charge is 0.277 e. The predicted octanol–water partition coefficient (Wildman–Crippen LogP) is 4.00. The summed E-state index contributed by atoms with van der Waals surface area (Å²) in [6, 6.07) is 17.1. The Hall–Kier alpha value is -2.93. The lowest BCUT2D eigenvalue weighted by atomic mass is 10.1. The summed E-state index contributed by atoms with van der Waals surface area (Å²) in [6.45, 7) is 4.49. The molecule has 0 bridgehead atoms. The first kappa shape index (κ1) is 17.5. The lowest BCUT2D eigenvalue weighted by Gasteiger charge is -2.09. The van der Waals surface area contributed by atoms with Gasteiger partial charge in [0.15, 0.2) is 5.69 Å². The fourth-order valence-corrected chi connectivity index (χ4v) is 3.43. The molecule has 0 atom stereocenters. The molecule has 136 valence electrons. The molecule has 2 aromatic heterocycles. The summed E-state index contributed by atoms with van der Waals surface area (Å²) in [6.07, 6.45) is 0. The van der Waals surface area contributed by atoms with E-state index in [0.717, 1.165) is 5.56 Å². The van der Waals surface area contributed by atoms with E-state index in [1.165, 1.54) is 16.4 Å². The van der Waals surface area contributed by atoms with Gasteiger partial charge < -0.3 is 4.42 Å². The van der Waals surface area contributed by atoms with E-state index < -0.39 is 0 Å². The van der Waals surface area contributed by atoms with Crippen LogP contribution in [-0.4, -0.2) is 25.2 Å². The molecule has 2 heterocycles.